The Morgan fingerprint density at radius 1 is 1.11 bits per heavy atom. The summed E-state index contributed by atoms with van der Waals surface area (Å²) in [5.74, 6) is -0.253. The first kappa shape index (κ1) is 25.2. The molecule has 9 nitrogen and oxygen atoms in total. The quantitative estimate of drug-likeness (QED) is 0.246. The minimum Gasteiger partial charge on any atom is -0.493 e. The Morgan fingerprint density at radius 3 is 2.64 bits per heavy atom. The van der Waals surface area contributed by atoms with Crippen LogP contribution in [0, 0.1) is 0 Å². The number of halogens is 2. The summed E-state index contributed by atoms with van der Waals surface area (Å²) in [5, 5.41) is 3.50. The molecule has 2 heterocycles. The first-order chi connectivity index (χ1) is 17.3. The van der Waals surface area contributed by atoms with Crippen LogP contribution < -0.4 is 14.8 Å². The van der Waals surface area contributed by atoms with Crippen LogP contribution in [0.4, 0.5) is 4.79 Å². The highest BCUT2D eigenvalue weighted by Crippen LogP contribution is 2.34. The lowest BCUT2D eigenvalue weighted by molar-refractivity contribution is -0.123. The molecule has 3 amide bonds. The molecule has 0 bridgehead atoms. The number of carbonyl (C=O) groups excluding carboxylic acids is 3. The van der Waals surface area contributed by atoms with Gasteiger partial charge in [-0.05, 0) is 36.4 Å². The molecule has 0 aliphatic carbocycles. The van der Waals surface area contributed by atoms with Gasteiger partial charge in [0.05, 0.1) is 20.8 Å². The van der Waals surface area contributed by atoms with Gasteiger partial charge in [-0.25, -0.2) is 9.59 Å². The van der Waals surface area contributed by atoms with E-state index in [1.54, 1.807) is 36.4 Å². The molecule has 4 rings (SSSR count). The van der Waals surface area contributed by atoms with E-state index >= 15 is 0 Å². The van der Waals surface area contributed by atoms with Gasteiger partial charge in [0.25, 0.3) is 5.91 Å². The number of nitrogens with zero attached hydrogens (tertiary/aromatic N) is 1. The third-order valence-corrected chi connectivity index (χ3v) is 5.83. The summed E-state index contributed by atoms with van der Waals surface area (Å²) in [6.07, 6.45) is 1.49. The Morgan fingerprint density at radius 2 is 1.92 bits per heavy atom. The molecule has 1 fully saturated rings. The summed E-state index contributed by atoms with van der Waals surface area (Å²) < 4.78 is 21.4. The summed E-state index contributed by atoms with van der Waals surface area (Å²) >= 11 is 12.2. The van der Waals surface area contributed by atoms with Crippen molar-refractivity contribution in [1.29, 1.82) is 0 Å². The van der Waals surface area contributed by atoms with E-state index in [-0.39, 0.29) is 30.4 Å². The molecule has 1 aromatic heterocycles. The van der Waals surface area contributed by atoms with Gasteiger partial charge in [-0.1, -0.05) is 41.4 Å². The maximum atomic E-state index is 13.0. The third-order valence-electron chi connectivity index (χ3n) is 5.24. The molecule has 1 saturated heterocycles. The molecular formula is C25H20Cl2N2O7. The van der Waals surface area contributed by atoms with Crippen molar-refractivity contribution in [3.63, 3.8) is 0 Å². The second-order valence-electron chi connectivity index (χ2n) is 7.54. The molecular weight excluding hydrogens is 511 g/mol. The number of nitrogens with one attached hydrogen (secondary N) is 1. The average molecular weight is 531 g/mol. The second-order valence-corrected chi connectivity index (χ2v) is 8.38. The lowest BCUT2D eigenvalue weighted by atomic mass is 10.1. The van der Waals surface area contributed by atoms with Crippen LogP contribution >= 0.6 is 23.2 Å². The predicted octanol–water partition coefficient (Wildman–Crippen LogP) is 5.05. The van der Waals surface area contributed by atoms with E-state index in [2.05, 4.69) is 10.1 Å². The highest BCUT2D eigenvalue weighted by Gasteiger charge is 2.34. The van der Waals surface area contributed by atoms with Gasteiger partial charge in [-0.2, -0.15) is 0 Å². The van der Waals surface area contributed by atoms with Crippen molar-refractivity contribution >= 4 is 47.2 Å². The number of furan rings is 1. The largest absolute Gasteiger partial charge is 0.493 e. The highest BCUT2D eigenvalue weighted by atomic mass is 35.5. The van der Waals surface area contributed by atoms with Crippen LogP contribution in [-0.4, -0.2) is 37.0 Å². The Hall–Kier alpha value is -3.95. The molecule has 0 radical (unpaired) electrons. The van der Waals surface area contributed by atoms with Gasteiger partial charge in [0, 0.05) is 21.2 Å². The van der Waals surface area contributed by atoms with Crippen molar-refractivity contribution in [2.45, 2.75) is 13.2 Å². The Balaban J connectivity index is 1.56. The van der Waals surface area contributed by atoms with E-state index in [9.17, 15) is 14.4 Å². The number of methoxy groups -OCH3 is 2. The van der Waals surface area contributed by atoms with Crippen LogP contribution in [0.1, 0.15) is 27.4 Å². The summed E-state index contributed by atoms with van der Waals surface area (Å²) in [7, 11) is 2.71. The van der Waals surface area contributed by atoms with Crippen LogP contribution in [-0.2, 0) is 22.7 Å². The number of rotatable bonds is 8. The molecule has 2 aromatic carbocycles. The monoisotopic (exact) mass is 530 g/mol. The van der Waals surface area contributed by atoms with E-state index in [1.165, 1.54) is 32.4 Å². The molecule has 3 aromatic rings. The lowest BCUT2D eigenvalue weighted by Gasteiger charge is -2.14. The van der Waals surface area contributed by atoms with Gasteiger partial charge >= 0.3 is 12.0 Å². The van der Waals surface area contributed by atoms with Crippen LogP contribution in [0.3, 0.4) is 0 Å². The highest BCUT2D eigenvalue weighted by molar-refractivity contribution is 6.35. The van der Waals surface area contributed by atoms with Gasteiger partial charge < -0.3 is 23.9 Å². The molecule has 11 heteroatoms. The van der Waals surface area contributed by atoms with Gasteiger partial charge in [0.15, 0.2) is 11.5 Å². The number of hydrogen-bond donors (Lipinski definition) is 1. The average Bonchev–Trinajstić information content (AvgIpc) is 3.44. The fraction of sp³-hybridized carbons (Fsp3) is 0.160. The zero-order valence-corrected chi connectivity index (χ0v) is 20.7. The molecule has 0 unspecified atom stereocenters. The van der Waals surface area contributed by atoms with E-state index in [4.69, 9.17) is 37.1 Å². The standard InChI is InChI=1S/C25H20Cl2N2O7/c1-33-20-5-3-4-14(22(20)35-13-15-6-7-16(26)11-18(15)27)10-19-23(30)29(25(32)28-19)12-17-8-9-21(36-17)24(31)34-2/h3-11H,12-13H2,1-2H3,(H,28,32)/b19-10+. The number of para-hydroxylation sites is 1. The normalized spacial score (nSPS) is 14.2. The molecule has 36 heavy (non-hydrogen) atoms. The number of imide groups is 1. The summed E-state index contributed by atoms with van der Waals surface area (Å²) in [4.78, 5) is 38.0. The SMILES string of the molecule is COC(=O)c1ccc(CN2C(=O)N/C(=C/c3cccc(OC)c3OCc3ccc(Cl)cc3Cl)C2=O)o1. The van der Waals surface area contributed by atoms with Crippen LogP contribution in [0.2, 0.25) is 10.0 Å². The van der Waals surface area contributed by atoms with Gasteiger partial charge in [0.1, 0.15) is 18.1 Å². The first-order valence-corrected chi connectivity index (χ1v) is 11.3. The van der Waals surface area contributed by atoms with E-state index < -0.39 is 17.9 Å². The first-order valence-electron chi connectivity index (χ1n) is 10.6. The predicted molar refractivity (Wildman–Crippen MR) is 131 cm³/mol. The van der Waals surface area contributed by atoms with E-state index in [0.29, 0.717) is 32.7 Å². The van der Waals surface area contributed by atoms with E-state index in [0.717, 1.165) is 4.90 Å². The smallest absolute Gasteiger partial charge is 0.373 e. The Bertz CT molecular complexity index is 1370. The topological polar surface area (TPSA) is 107 Å². The number of benzene rings is 2. The number of carbonyl (C=O) groups is 3. The van der Waals surface area contributed by atoms with Gasteiger partial charge in [-0.15, -0.1) is 0 Å². The fourth-order valence-electron chi connectivity index (χ4n) is 3.45. The maximum Gasteiger partial charge on any atom is 0.373 e. The van der Waals surface area contributed by atoms with Crippen molar-refractivity contribution in [3.05, 3.63) is 86.9 Å². The summed E-state index contributed by atoms with van der Waals surface area (Å²) in [6.45, 7) is -0.0600. The molecule has 1 aliphatic rings. The number of urea groups is 1. The zero-order chi connectivity index (χ0) is 25.8. The Kier molecular flexibility index (Phi) is 7.52. The second kappa shape index (κ2) is 10.8. The van der Waals surface area contributed by atoms with Crippen molar-refractivity contribution < 1.29 is 33.0 Å². The van der Waals surface area contributed by atoms with Crippen LogP contribution in [0.25, 0.3) is 6.08 Å². The van der Waals surface area contributed by atoms with Crippen molar-refractivity contribution in [3.8, 4) is 11.5 Å². The third kappa shape index (κ3) is 5.32. The van der Waals surface area contributed by atoms with E-state index in [1.807, 2.05) is 0 Å². The molecule has 1 N–H and O–H groups in total. The number of hydrogen-bond acceptors (Lipinski definition) is 7. The molecule has 0 saturated carbocycles. The molecule has 0 spiro atoms. The maximum absolute atomic E-state index is 13.0. The van der Waals surface area contributed by atoms with Gasteiger partial charge in [-0.3, -0.25) is 9.69 Å². The number of esters is 1. The van der Waals surface area contributed by atoms with Crippen molar-refractivity contribution in [2.75, 3.05) is 14.2 Å². The molecule has 186 valence electrons. The molecule has 0 atom stereocenters. The van der Waals surface area contributed by atoms with Crippen LogP contribution in [0.5, 0.6) is 11.5 Å². The minimum absolute atomic E-state index is 0.0300. The zero-order valence-electron chi connectivity index (χ0n) is 19.2. The van der Waals surface area contributed by atoms with Gasteiger partial charge in [0.2, 0.25) is 5.76 Å². The summed E-state index contributed by atoms with van der Waals surface area (Å²) in [5.41, 5.74) is 1.23. The minimum atomic E-state index is -0.663. The lowest BCUT2D eigenvalue weighted by Crippen LogP contribution is -2.30. The molecule has 1 aliphatic heterocycles. The van der Waals surface area contributed by atoms with Crippen molar-refractivity contribution in [2.24, 2.45) is 0 Å². The van der Waals surface area contributed by atoms with Crippen molar-refractivity contribution in [1.82, 2.24) is 10.2 Å². The Labute approximate surface area is 216 Å². The number of amides is 3. The van der Waals surface area contributed by atoms with Crippen LogP contribution in [0.15, 0.2) is 58.6 Å². The summed E-state index contributed by atoms with van der Waals surface area (Å²) in [6, 6.07) is 12.5. The fourth-order valence-corrected chi connectivity index (χ4v) is 3.91. The number of ether oxygens (including phenoxy) is 3.